The summed E-state index contributed by atoms with van der Waals surface area (Å²) in [4.78, 5) is 2.64. The van der Waals surface area contributed by atoms with Gasteiger partial charge in [-0.05, 0) is 69.4 Å². The molecule has 108 valence electrons. The lowest BCUT2D eigenvalue weighted by molar-refractivity contribution is 0.188. The minimum absolute atomic E-state index is 0.698. The average Bonchev–Trinajstić information content (AvgIpc) is 3.03. The molecular formula is C17H30N2. The lowest BCUT2D eigenvalue weighted by atomic mass is 9.87. The number of fused-ring (bicyclic) bond motifs is 2. The number of hydrogen-bond donors (Lipinski definition) is 1. The van der Waals surface area contributed by atoms with Gasteiger partial charge in [0.25, 0.3) is 0 Å². The van der Waals surface area contributed by atoms with Crippen LogP contribution in [-0.2, 0) is 0 Å². The molecule has 4 unspecified atom stereocenters. The van der Waals surface area contributed by atoms with Gasteiger partial charge in [-0.15, -0.1) is 0 Å². The van der Waals surface area contributed by atoms with Crippen LogP contribution in [0.3, 0.4) is 0 Å². The topological polar surface area (TPSA) is 15.3 Å². The van der Waals surface area contributed by atoms with Crippen molar-refractivity contribution in [3.05, 3.63) is 12.2 Å². The molecule has 4 atom stereocenters. The van der Waals surface area contributed by atoms with Gasteiger partial charge in [-0.3, -0.25) is 0 Å². The molecule has 1 N–H and O–H groups in total. The van der Waals surface area contributed by atoms with E-state index in [1.54, 1.807) is 0 Å². The molecule has 0 amide bonds. The van der Waals surface area contributed by atoms with Crippen molar-refractivity contribution in [2.45, 2.75) is 45.6 Å². The minimum atomic E-state index is 0.698. The molecule has 1 heterocycles. The van der Waals surface area contributed by atoms with Gasteiger partial charge < -0.3 is 10.2 Å². The van der Waals surface area contributed by atoms with Crippen LogP contribution in [0.5, 0.6) is 0 Å². The normalized spacial score (nSPS) is 37.1. The van der Waals surface area contributed by atoms with Crippen LogP contribution in [0.2, 0.25) is 0 Å². The van der Waals surface area contributed by atoms with Gasteiger partial charge in [-0.25, -0.2) is 0 Å². The van der Waals surface area contributed by atoms with Crippen LogP contribution in [0.1, 0.15) is 39.5 Å². The molecular weight excluding hydrogens is 232 g/mol. The molecule has 0 aromatic carbocycles. The zero-order valence-electron chi connectivity index (χ0n) is 12.6. The molecule has 1 aliphatic heterocycles. The van der Waals surface area contributed by atoms with Gasteiger partial charge in [-0.2, -0.15) is 0 Å². The first-order valence-corrected chi connectivity index (χ1v) is 8.36. The highest BCUT2D eigenvalue weighted by atomic mass is 15.1. The van der Waals surface area contributed by atoms with Gasteiger partial charge in [0.05, 0.1) is 0 Å². The van der Waals surface area contributed by atoms with E-state index >= 15 is 0 Å². The fraction of sp³-hybridized carbons (Fsp3) is 0.882. The van der Waals surface area contributed by atoms with E-state index in [0.717, 1.165) is 23.7 Å². The van der Waals surface area contributed by atoms with Gasteiger partial charge in [0, 0.05) is 19.1 Å². The first kappa shape index (κ1) is 13.6. The second-order valence-corrected chi connectivity index (χ2v) is 7.21. The Labute approximate surface area is 118 Å². The molecule has 0 radical (unpaired) electrons. The van der Waals surface area contributed by atoms with Crippen LogP contribution in [0.25, 0.3) is 0 Å². The molecule has 2 bridgehead atoms. The predicted molar refractivity (Wildman–Crippen MR) is 81.1 cm³/mol. The van der Waals surface area contributed by atoms with E-state index in [1.807, 2.05) is 0 Å². The molecule has 3 rings (SSSR count). The Morgan fingerprint density at radius 2 is 2.00 bits per heavy atom. The average molecular weight is 262 g/mol. The molecule has 3 aliphatic rings. The largest absolute Gasteiger partial charge is 0.313 e. The molecule has 0 aromatic rings. The van der Waals surface area contributed by atoms with Gasteiger partial charge >= 0.3 is 0 Å². The molecule has 1 saturated heterocycles. The summed E-state index contributed by atoms with van der Waals surface area (Å²) in [7, 11) is 0. The number of allylic oxidation sites excluding steroid dienone is 2. The van der Waals surface area contributed by atoms with Crippen LogP contribution in [0.15, 0.2) is 12.2 Å². The van der Waals surface area contributed by atoms with E-state index in [2.05, 4.69) is 36.2 Å². The number of nitrogens with zero attached hydrogens (tertiary/aromatic N) is 1. The van der Waals surface area contributed by atoms with E-state index in [0.29, 0.717) is 6.04 Å². The summed E-state index contributed by atoms with van der Waals surface area (Å²) in [5.74, 6) is 3.63. The molecule has 2 fully saturated rings. The van der Waals surface area contributed by atoms with Gasteiger partial charge in [0.15, 0.2) is 0 Å². The Hall–Kier alpha value is -0.340. The maximum atomic E-state index is 3.79. The number of nitrogens with one attached hydrogen (secondary N) is 1. The number of hydrogen-bond acceptors (Lipinski definition) is 2. The van der Waals surface area contributed by atoms with Crippen molar-refractivity contribution < 1.29 is 0 Å². The Balaban J connectivity index is 1.35. The Kier molecular flexibility index (Phi) is 4.28. The molecule has 19 heavy (non-hydrogen) atoms. The molecule has 0 spiro atoms. The highest BCUT2D eigenvalue weighted by Crippen LogP contribution is 2.44. The summed E-state index contributed by atoms with van der Waals surface area (Å²) in [5, 5.41) is 3.79. The number of likely N-dealkylation sites (tertiary alicyclic amines) is 1. The highest BCUT2D eigenvalue weighted by molar-refractivity contribution is 5.11. The Morgan fingerprint density at radius 1 is 1.21 bits per heavy atom. The lowest BCUT2D eigenvalue weighted by Gasteiger charge is -2.31. The smallest absolute Gasteiger partial charge is 0.0107 e. The third kappa shape index (κ3) is 3.22. The molecule has 1 saturated carbocycles. The molecule has 0 aromatic heterocycles. The van der Waals surface area contributed by atoms with Crippen molar-refractivity contribution in [1.82, 2.24) is 10.2 Å². The second kappa shape index (κ2) is 5.97. The lowest BCUT2D eigenvalue weighted by Crippen LogP contribution is -2.42. The third-order valence-corrected chi connectivity index (χ3v) is 5.74. The van der Waals surface area contributed by atoms with E-state index in [9.17, 15) is 0 Å². The predicted octanol–water partition coefficient (Wildman–Crippen LogP) is 2.91. The third-order valence-electron chi connectivity index (χ3n) is 5.74. The summed E-state index contributed by atoms with van der Waals surface area (Å²) < 4.78 is 0. The fourth-order valence-corrected chi connectivity index (χ4v) is 4.29. The Morgan fingerprint density at radius 3 is 2.63 bits per heavy atom. The fourth-order valence-electron chi connectivity index (χ4n) is 4.29. The summed E-state index contributed by atoms with van der Waals surface area (Å²) in [6.07, 6.45) is 10.6. The van der Waals surface area contributed by atoms with Crippen molar-refractivity contribution in [2.75, 3.05) is 26.2 Å². The summed E-state index contributed by atoms with van der Waals surface area (Å²) >= 11 is 0. The van der Waals surface area contributed by atoms with E-state index in [1.165, 1.54) is 51.9 Å². The second-order valence-electron chi connectivity index (χ2n) is 7.21. The Bertz CT molecular complexity index is 317. The number of rotatable bonds is 5. The molecule has 2 heteroatoms. The monoisotopic (exact) mass is 262 g/mol. The van der Waals surface area contributed by atoms with E-state index < -0.39 is 0 Å². The van der Waals surface area contributed by atoms with Crippen LogP contribution >= 0.6 is 0 Å². The van der Waals surface area contributed by atoms with Crippen LogP contribution in [0.4, 0.5) is 0 Å². The highest BCUT2D eigenvalue weighted by Gasteiger charge is 2.38. The first-order chi connectivity index (χ1) is 9.22. The quantitative estimate of drug-likeness (QED) is 0.766. The van der Waals surface area contributed by atoms with Gasteiger partial charge in [0.1, 0.15) is 0 Å². The van der Waals surface area contributed by atoms with Crippen LogP contribution < -0.4 is 5.32 Å². The van der Waals surface area contributed by atoms with E-state index in [4.69, 9.17) is 0 Å². The maximum Gasteiger partial charge on any atom is 0.0107 e. The van der Waals surface area contributed by atoms with Crippen LogP contribution in [-0.4, -0.2) is 37.1 Å². The minimum Gasteiger partial charge on any atom is -0.313 e. The van der Waals surface area contributed by atoms with Crippen LogP contribution in [0, 0.1) is 23.7 Å². The maximum absolute atomic E-state index is 3.79. The summed E-state index contributed by atoms with van der Waals surface area (Å²) in [5.41, 5.74) is 0. The van der Waals surface area contributed by atoms with Crippen molar-refractivity contribution in [3.8, 4) is 0 Å². The number of piperidine rings is 1. The summed E-state index contributed by atoms with van der Waals surface area (Å²) in [6.45, 7) is 9.83. The van der Waals surface area contributed by atoms with Crippen molar-refractivity contribution >= 4 is 0 Å². The van der Waals surface area contributed by atoms with E-state index in [-0.39, 0.29) is 0 Å². The van der Waals surface area contributed by atoms with Crippen molar-refractivity contribution in [3.63, 3.8) is 0 Å². The molecule has 2 aliphatic carbocycles. The van der Waals surface area contributed by atoms with Crippen molar-refractivity contribution in [2.24, 2.45) is 23.7 Å². The standard InChI is InChI=1S/C17H30N2/c1-13-5-8-19(9-6-13)10-7-18-14(2)17-12-15-3-4-16(17)11-15/h3-4,13-18H,5-12H2,1-2H3. The summed E-state index contributed by atoms with van der Waals surface area (Å²) in [6, 6.07) is 0.698. The van der Waals surface area contributed by atoms with Gasteiger partial charge in [0.2, 0.25) is 0 Å². The molecule has 2 nitrogen and oxygen atoms in total. The first-order valence-electron chi connectivity index (χ1n) is 8.36. The van der Waals surface area contributed by atoms with Gasteiger partial charge in [-0.1, -0.05) is 19.1 Å². The zero-order chi connectivity index (χ0) is 13.2. The zero-order valence-corrected chi connectivity index (χ0v) is 12.6. The SMILES string of the molecule is CC1CCN(CCNC(C)C2CC3C=CC2C3)CC1. The van der Waals surface area contributed by atoms with Crippen molar-refractivity contribution in [1.29, 1.82) is 0 Å².